The van der Waals surface area contributed by atoms with Crippen molar-refractivity contribution >= 4 is 17.7 Å². The molecule has 0 saturated heterocycles. The molecule has 0 atom stereocenters. The van der Waals surface area contributed by atoms with Gasteiger partial charge in [-0.15, -0.1) is 11.8 Å². The lowest BCUT2D eigenvalue weighted by atomic mass is 10.2. The Morgan fingerprint density at radius 1 is 1.31 bits per heavy atom. The van der Waals surface area contributed by atoms with E-state index in [4.69, 9.17) is 0 Å². The fourth-order valence-electron chi connectivity index (χ4n) is 0.909. The Morgan fingerprint density at radius 3 is 2.38 bits per heavy atom. The van der Waals surface area contributed by atoms with Crippen LogP contribution in [0.5, 0.6) is 0 Å². The van der Waals surface area contributed by atoms with Gasteiger partial charge < -0.3 is 5.32 Å². The molecule has 0 saturated carbocycles. The van der Waals surface area contributed by atoms with Crippen molar-refractivity contribution in [2.45, 2.75) is 31.6 Å². The van der Waals surface area contributed by atoms with Gasteiger partial charge in [-0.3, -0.25) is 4.79 Å². The molecule has 0 heterocycles. The summed E-state index contributed by atoms with van der Waals surface area (Å²) in [5.41, 5.74) is 0.712. The molecule has 0 aliphatic rings. The average Bonchev–Trinajstić information content (AvgIpc) is 2.38. The minimum Gasteiger partial charge on any atom is -0.355 e. The molecule has 90 valence electrons. The van der Waals surface area contributed by atoms with E-state index >= 15 is 0 Å². The molecule has 1 rings (SSSR count). The largest absolute Gasteiger partial charge is 0.355 e. The van der Waals surface area contributed by atoms with Gasteiger partial charge in [0.1, 0.15) is 0 Å². The van der Waals surface area contributed by atoms with Crippen molar-refractivity contribution in [1.29, 1.82) is 0 Å². The first-order valence-corrected chi connectivity index (χ1v) is 6.78. The number of benzene rings is 1. The molecule has 0 bridgehead atoms. The number of hydrogen-bond donors (Lipinski definition) is 1. The van der Waals surface area contributed by atoms with Crippen LogP contribution in [-0.2, 0) is 0 Å². The third-order valence-electron chi connectivity index (χ3n) is 2.06. The first-order chi connectivity index (χ1) is 7.69. The Balaban J connectivity index is 0.000000487. The van der Waals surface area contributed by atoms with Gasteiger partial charge in [-0.1, -0.05) is 32.8 Å². The zero-order valence-electron chi connectivity index (χ0n) is 10.5. The second-order valence-electron chi connectivity index (χ2n) is 3.31. The Hall–Kier alpha value is -0.960. The number of carbonyl (C=O) groups is 1. The summed E-state index contributed by atoms with van der Waals surface area (Å²) in [6, 6.07) is 7.55. The molecule has 0 aromatic heterocycles. The second-order valence-corrected chi connectivity index (χ2v) is 4.19. The third kappa shape index (κ3) is 5.81. The van der Waals surface area contributed by atoms with Gasteiger partial charge in [0.25, 0.3) is 5.91 Å². The monoisotopic (exact) mass is 239 g/mol. The van der Waals surface area contributed by atoms with E-state index in [1.807, 2.05) is 24.5 Å². The van der Waals surface area contributed by atoms with Crippen LogP contribution in [0.2, 0.25) is 0 Å². The number of thioether (sulfide) groups is 1. The predicted octanol–water partition coefficient (Wildman–Crippen LogP) is 3.57. The van der Waals surface area contributed by atoms with Crippen molar-refractivity contribution in [2.24, 2.45) is 0 Å². The van der Waals surface area contributed by atoms with Crippen LogP contribution in [0.4, 0.5) is 0 Å². The smallest absolute Gasteiger partial charge is 0.251 e. The summed E-state index contributed by atoms with van der Waals surface area (Å²) in [5, 5.41) is 2.58. The van der Waals surface area contributed by atoms with Crippen molar-refractivity contribution in [3.63, 3.8) is 0 Å². The molecule has 1 aromatic rings. The van der Waals surface area contributed by atoms with E-state index in [0.29, 0.717) is 5.56 Å². The van der Waals surface area contributed by atoms with E-state index in [1.54, 1.807) is 24.9 Å². The number of hydrogen-bond acceptors (Lipinski definition) is 2. The van der Waals surface area contributed by atoms with E-state index < -0.39 is 0 Å². The minimum absolute atomic E-state index is 0.0362. The fraction of sp³-hybridized carbons (Fsp3) is 0.462. The first-order valence-electron chi connectivity index (χ1n) is 5.55. The van der Waals surface area contributed by atoms with Crippen LogP contribution in [0, 0.1) is 0 Å². The standard InChI is InChI=1S/C9H11NOS.C4H10/c1-10-9(11)7-4-3-5-8(6-7)12-2;1-3-4-2/h3-6H,1-2H3,(H,10,11);3-4H2,1-2H3. The first kappa shape index (κ1) is 15.0. The highest BCUT2D eigenvalue weighted by Crippen LogP contribution is 2.15. The summed E-state index contributed by atoms with van der Waals surface area (Å²) >= 11 is 1.63. The summed E-state index contributed by atoms with van der Waals surface area (Å²) in [6.07, 6.45) is 4.63. The van der Waals surface area contributed by atoms with Crippen molar-refractivity contribution in [1.82, 2.24) is 5.32 Å². The topological polar surface area (TPSA) is 29.1 Å². The molecule has 0 radical (unpaired) electrons. The predicted molar refractivity (Wildman–Crippen MR) is 72.2 cm³/mol. The third-order valence-corrected chi connectivity index (χ3v) is 2.78. The minimum atomic E-state index is -0.0362. The Morgan fingerprint density at radius 2 is 1.94 bits per heavy atom. The van der Waals surface area contributed by atoms with Crippen LogP contribution >= 0.6 is 11.8 Å². The Bertz CT molecular complexity index is 311. The molecule has 2 nitrogen and oxygen atoms in total. The van der Waals surface area contributed by atoms with E-state index in [9.17, 15) is 4.79 Å². The Labute approximate surface area is 103 Å². The van der Waals surface area contributed by atoms with E-state index in [0.717, 1.165) is 4.90 Å². The van der Waals surface area contributed by atoms with Gasteiger partial charge in [-0.25, -0.2) is 0 Å². The molecule has 0 aliphatic heterocycles. The highest BCUT2D eigenvalue weighted by molar-refractivity contribution is 7.98. The van der Waals surface area contributed by atoms with E-state index in [-0.39, 0.29) is 5.91 Å². The molecule has 0 fully saturated rings. The van der Waals surface area contributed by atoms with Crippen LogP contribution in [0.15, 0.2) is 29.2 Å². The van der Waals surface area contributed by atoms with Crippen LogP contribution in [0.25, 0.3) is 0 Å². The van der Waals surface area contributed by atoms with Crippen LogP contribution in [0.3, 0.4) is 0 Å². The lowest BCUT2D eigenvalue weighted by Crippen LogP contribution is -2.17. The zero-order valence-corrected chi connectivity index (χ0v) is 11.4. The Kier molecular flexibility index (Phi) is 8.72. The maximum atomic E-state index is 11.2. The van der Waals surface area contributed by atoms with E-state index in [2.05, 4.69) is 19.2 Å². The maximum Gasteiger partial charge on any atom is 0.251 e. The summed E-state index contributed by atoms with van der Waals surface area (Å²) in [6.45, 7) is 4.36. The number of rotatable bonds is 3. The average molecular weight is 239 g/mol. The van der Waals surface area contributed by atoms with Gasteiger partial charge in [-0.05, 0) is 24.5 Å². The summed E-state index contributed by atoms with van der Waals surface area (Å²) in [7, 11) is 1.63. The van der Waals surface area contributed by atoms with Gasteiger partial charge >= 0.3 is 0 Å². The SMILES string of the molecule is CCCC.CNC(=O)c1cccc(SC)c1. The quantitative estimate of drug-likeness (QED) is 0.817. The van der Waals surface area contributed by atoms with Gasteiger partial charge in [0.05, 0.1) is 0 Å². The molecule has 0 unspecified atom stereocenters. The summed E-state index contributed by atoms with van der Waals surface area (Å²) in [4.78, 5) is 12.3. The number of unbranched alkanes of at least 4 members (excludes halogenated alkanes) is 1. The summed E-state index contributed by atoms with van der Waals surface area (Å²) in [5.74, 6) is -0.0362. The normalized spacial score (nSPS) is 9.00. The van der Waals surface area contributed by atoms with Crippen molar-refractivity contribution in [3.05, 3.63) is 29.8 Å². The van der Waals surface area contributed by atoms with Gasteiger partial charge in [0.15, 0.2) is 0 Å². The molecule has 0 spiro atoms. The number of amides is 1. The molecule has 3 heteroatoms. The van der Waals surface area contributed by atoms with Gasteiger partial charge in [0, 0.05) is 17.5 Å². The number of carbonyl (C=O) groups excluding carboxylic acids is 1. The van der Waals surface area contributed by atoms with Gasteiger partial charge in [0.2, 0.25) is 0 Å². The molecular weight excluding hydrogens is 218 g/mol. The van der Waals surface area contributed by atoms with Crippen molar-refractivity contribution in [3.8, 4) is 0 Å². The fourth-order valence-corrected chi connectivity index (χ4v) is 1.37. The molecule has 1 N–H and O–H groups in total. The molecule has 16 heavy (non-hydrogen) atoms. The van der Waals surface area contributed by atoms with Crippen LogP contribution in [0.1, 0.15) is 37.0 Å². The van der Waals surface area contributed by atoms with Crippen LogP contribution < -0.4 is 5.32 Å². The second kappa shape index (κ2) is 9.28. The molecule has 0 aliphatic carbocycles. The molecule has 1 amide bonds. The summed E-state index contributed by atoms with van der Waals surface area (Å²) < 4.78 is 0. The van der Waals surface area contributed by atoms with Crippen molar-refractivity contribution < 1.29 is 4.79 Å². The zero-order chi connectivity index (χ0) is 12.4. The number of nitrogens with one attached hydrogen (secondary N) is 1. The van der Waals surface area contributed by atoms with Gasteiger partial charge in [-0.2, -0.15) is 0 Å². The van der Waals surface area contributed by atoms with Crippen molar-refractivity contribution in [2.75, 3.05) is 13.3 Å². The van der Waals surface area contributed by atoms with E-state index in [1.165, 1.54) is 12.8 Å². The lowest BCUT2D eigenvalue weighted by Gasteiger charge is -2.00. The maximum absolute atomic E-state index is 11.2. The molecular formula is C13H21NOS. The molecule has 1 aromatic carbocycles. The highest BCUT2D eigenvalue weighted by Gasteiger charge is 2.01. The lowest BCUT2D eigenvalue weighted by molar-refractivity contribution is 0.0963. The van der Waals surface area contributed by atoms with Crippen LogP contribution in [-0.4, -0.2) is 19.2 Å². The highest BCUT2D eigenvalue weighted by atomic mass is 32.2.